The number of hydrogen-bond acceptors (Lipinski definition) is 7. The fraction of sp³-hybridized carbons (Fsp3) is 0.444. The topological polar surface area (TPSA) is 90.9 Å². The van der Waals surface area contributed by atoms with Gasteiger partial charge in [0.2, 0.25) is 0 Å². The van der Waals surface area contributed by atoms with Crippen molar-refractivity contribution in [3.63, 3.8) is 0 Å². The summed E-state index contributed by atoms with van der Waals surface area (Å²) < 4.78 is 5.02. The first kappa shape index (κ1) is 32.2. The second-order valence-electron chi connectivity index (χ2n) is 12.4. The van der Waals surface area contributed by atoms with Gasteiger partial charge in [0.1, 0.15) is 12.9 Å². The lowest BCUT2D eigenvalue weighted by molar-refractivity contribution is 0.0170. The molecule has 2 aliphatic rings. The van der Waals surface area contributed by atoms with Gasteiger partial charge in [-0.2, -0.15) is 0 Å². The summed E-state index contributed by atoms with van der Waals surface area (Å²) in [5, 5.41) is 2.79. The molecule has 45 heavy (non-hydrogen) atoms. The fourth-order valence-electron chi connectivity index (χ4n) is 6.66. The van der Waals surface area contributed by atoms with Crippen molar-refractivity contribution in [3.05, 3.63) is 102 Å². The molecule has 2 saturated heterocycles. The molecule has 1 aromatic heterocycles. The van der Waals surface area contributed by atoms with Crippen molar-refractivity contribution < 1.29 is 14.3 Å². The molecule has 5 rings (SSSR count). The van der Waals surface area contributed by atoms with Crippen LogP contribution >= 0.6 is 0 Å². The Balaban J connectivity index is 1.21. The molecule has 0 aliphatic carbocycles. The quantitative estimate of drug-likeness (QED) is 0.296. The van der Waals surface area contributed by atoms with Gasteiger partial charge in [-0.3, -0.25) is 9.69 Å². The molecule has 9 nitrogen and oxygen atoms in total. The molecule has 9 heteroatoms. The maximum atomic E-state index is 13.4. The monoisotopic (exact) mass is 610 g/mol. The molecule has 3 aromatic rings. The highest BCUT2D eigenvalue weighted by Crippen LogP contribution is 2.34. The van der Waals surface area contributed by atoms with E-state index in [1.54, 1.807) is 6.08 Å². The van der Waals surface area contributed by atoms with Crippen LogP contribution in [0.5, 0.6) is 0 Å². The molecular weight excluding hydrogens is 564 g/mol. The van der Waals surface area contributed by atoms with E-state index in [2.05, 4.69) is 93.2 Å². The van der Waals surface area contributed by atoms with E-state index in [0.29, 0.717) is 18.2 Å². The van der Waals surface area contributed by atoms with Crippen LogP contribution in [0.15, 0.2) is 73.6 Å². The first-order valence-electron chi connectivity index (χ1n) is 16.0. The number of aromatic nitrogens is 2. The normalized spacial score (nSPS) is 17.0. The first-order valence-corrected chi connectivity index (χ1v) is 16.0. The predicted molar refractivity (Wildman–Crippen MR) is 177 cm³/mol. The number of amides is 2. The number of aryl methyl sites for hydroxylation is 2. The maximum absolute atomic E-state index is 13.4. The predicted octanol–water partition coefficient (Wildman–Crippen LogP) is 5.67. The molecule has 0 spiro atoms. The van der Waals surface area contributed by atoms with E-state index in [4.69, 9.17) is 4.74 Å². The molecular formula is C36H46N6O3. The number of hydrogen-bond donors (Lipinski definition) is 1. The van der Waals surface area contributed by atoms with Crippen LogP contribution in [0.2, 0.25) is 0 Å². The van der Waals surface area contributed by atoms with Crippen molar-refractivity contribution in [2.45, 2.75) is 71.1 Å². The van der Waals surface area contributed by atoms with Crippen LogP contribution in [0.4, 0.5) is 10.5 Å². The number of anilines is 1. The van der Waals surface area contributed by atoms with E-state index >= 15 is 0 Å². The van der Waals surface area contributed by atoms with Crippen molar-refractivity contribution in [3.8, 4) is 0 Å². The number of rotatable bonds is 10. The number of nitrogens with zero attached hydrogens (tertiary/aromatic N) is 5. The Kier molecular flexibility index (Phi) is 10.5. The molecule has 0 bridgehead atoms. The lowest BCUT2D eigenvalue weighted by Gasteiger charge is -2.50. The smallest absolute Gasteiger partial charge is 0.407 e. The van der Waals surface area contributed by atoms with Crippen molar-refractivity contribution in [1.29, 1.82) is 0 Å². The Morgan fingerprint density at radius 2 is 1.62 bits per heavy atom. The second kappa shape index (κ2) is 14.7. The Labute approximate surface area is 267 Å². The maximum Gasteiger partial charge on any atom is 0.407 e. The van der Waals surface area contributed by atoms with Crippen LogP contribution in [0.25, 0.3) is 0 Å². The molecule has 2 aromatic carbocycles. The van der Waals surface area contributed by atoms with Crippen LogP contribution in [-0.4, -0.2) is 76.1 Å². The average Bonchev–Trinajstić information content (AvgIpc) is 3.06. The van der Waals surface area contributed by atoms with Gasteiger partial charge in [0.15, 0.2) is 0 Å². The van der Waals surface area contributed by atoms with E-state index in [1.165, 1.54) is 17.6 Å². The third kappa shape index (κ3) is 7.89. The molecule has 0 atom stereocenters. The van der Waals surface area contributed by atoms with Crippen LogP contribution in [-0.2, 0) is 17.8 Å². The lowest BCUT2D eigenvalue weighted by atomic mass is 9.85. The van der Waals surface area contributed by atoms with Gasteiger partial charge >= 0.3 is 6.09 Å². The number of likely N-dealkylation sites (tertiary alicyclic amines) is 2. The summed E-state index contributed by atoms with van der Waals surface area (Å²) >= 11 is 0. The number of ether oxygens (including phenoxy) is 1. The van der Waals surface area contributed by atoms with Gasteiger partial charge in [0.25, 0.3) is 5.91 Å². The molecule has 2 fully saturated rings. The zero-order valence-corrected chi connectivity index (χ0v) is 26.9. The summed E-state index contributed by atoms with van der Waals surface area (Å²) in [4.78, 5) is 40.9. The summed E-state index contributed by atoms with van der Waals surface area (Å²) in [6, 6.07) is 19.5. The summed E-state index contributed by atoms with van der Waals surface area (Å²) in [5.41, 5.74) is 5.71. The molecule has 238 valence electrons. The van der Waals surface area contributed by atoms with Gasteiger partial charge in [-0.05, 0) is 69.7 Å². The highest BCUT2D eigenvalue weighted by molar-refractivity contribution is 5.96. The average molecular weight is 611 g/mol. The van der Waals surface area contributed by atoms with Crippen LogP contribution in [0, 0.1) is 13.8 Å². The molecule has 3 heterocycles. The van der Waals surface area contributed by atoms with Crippen LogP contribution < -0.4 is 10.2 Å². The zero-order valence-electron chi connectivity index (χ0n) is 26.9. The van der Waals surface area contributed by atoms with Crippen molar-refractivity contribution in [2.75, 3.05) is 37.7 Å². The Morgan fingerprint density at radius 1 is 0.978 bits per heavy atom. The van der Waals surface area contributed by atoms with Crippen molar-refractivity contribution >= 4 is 17.7 Å². The summed E-state index contributed by atoms with van der Waals surface area (Å²) in [5.74, 6) is 0.0531. The Hall–Kier alpha value is -4.24. The number of carbonyl (C=O) groups is 2. The van der Waals surface area contributed by atoms with Crippen LogP contribution in [0.1, 0.15) is 65.5 Å². The third-order valence-corrected chi connectivity index (χ3v) is 9.47. The van der Waals surface area contributed by atoms with Crippen molar-refractivity contribution in [1.82, 2.24) is 25.1 Å². The number of alkyl carbamates (subject to hydrolysis) is 1. The molecule has 0 radical (unpaired) electrons. The minimum atomic E-state index is -0.446. The number of benzene rings is 2. The minimum absolute atomic E-state index is 0.0531. The number of carbonyl (C=O) groups excluding carboxylic acids is 2. The van der Waals surface area contributed by atoms with E-state index in [9.17, 15) is 9.59 Å². The fourth-order valence-corrected chi connectivity index (χ4v) is 6.66. The molecule has 2 amide bonds. The Morgan fingerprint density at radius 3 is 2.24 bits per heavy atom. The summed E-state index contributed by atoms with van der Waals surface area (Å²) in [7, 11) is 0. The van der Waals surface area contributed by atoms with Gasteiger partial charge in [0.05, 0.1) is 17.0 Å². The SMILES string of the molecule is C=CCOC(=O)NCc1ccc(N(Cc2ccccc2)C2CCN(C3(C)CCN(C(=O)c4c(C)ncnc4C)CC3)CC2)cc1. The number of nitrogens with one attached hydrogen (secondary N) is 1. The minimum Gasteiger partial charge on any atom is -0.445 e. The van der Waals surface area contributed by atoms with Gasteiger partial charge in [0, 0.05) is 56.5 Å². The van der Waals surface area contributed by atoms with E-state index < -0.39 is 6.09 Å². The molecule has 0 saturated carbocycles. The van der Waals surface area contributed by atoms with Crippen molar-refractivity contribution in [2.24, 2.45) is 0 Å². The summed E-state index contributed by atoms with van der Waals surface area (Å²) in [6.45, 7) is 14.7. The first-order chi connectivity index (χ1) is 21.8. The third-order valence-electron chi connectivity index (χ3n) is 9.47. The van der Waals surface area contributed by atoms with E-state index in [-0.39, 0.29) is 18.1 Å². The van der Waals surface area contributed by atoms with E-state index in [1.807, 2.05) is 18.7 Å². The van der Waals surface area contributed by atoms with Gasteiger partial charge in [-0.15, -0.1) is 0 Å². The van der Waals surface area contributed by atoms with Gasteiger partial charge < -0.3 is 19.9 Å². The second-order valence-corrected chi connectivity index (χ2v) is 12.4. The standard InChI is InChI=1S/C36H46N6O3/c1-5-23-45-35(44)37-24-29-11-13-31(14-12-29)42(25-30-9-7-6-8-10-30)32-15-19-41(20-16-32)36(4)17-21-40(22-18-36)34(43)33-27(2)38-26-39-28(33)3/h5-14,26,32H,1,15-25H2,2-4H3,(H,37,44). The highest BCUT2D eigenvalue weighted by atomic mass is 16.5. The van der Waals surface area contributed by atoms with Gasteiger partial charge in [-0.25, -0.2) is 14.8 Å². The highest BCUT2D eigenvalue weighted by Gasteiger charge is 2.39. The zero-order chi connectivity index (χ0) is 31.8. The Bertz CT molecular complexity index is 1430. The molecule has 0 unspecified atom stereocenters. The lowest BCUT2D eigenvalue weighted by Crippen LogP contribution is -2.58. The largest absolute Gasteiger partial charge is 0.445 e. The van der Waals surface area contributed by atoms with Crippen LogP contribution in [0.3, 0.4) is 0 Å². The molecule has 1 N–H and O–H groups in total. The summed E-state index contributed by atoms with van der Waals surface area (Å²) in [6.07, 6.45) is 6.69. The van der Waals surface area contributed by atoms with Gasteiger partial charge in [-0.1, -0.05) is 55.1 Å². The van der Waals surface area contributed by atoms with E-state index in [0.717, 1.165) is 75.4 Å². The molecule has 2 aliphatic heterocycles. The number of piperidine rings is 2.